The Morgan fingerprint density at radius 3 is 2.38 bits per heavy atom. The molecule has 0 saturated carbocycles. The summed E-state index contributed by atoms with van der Waals surface area (Å²) >= 11 is 11.8. The highest BCUT2D eigenvalue weighted by molar-refractivity contribution is 6.35. The van der Waals surface area contributed by atoms with Crippen LogP contribution in [-0.4, -0.2) is 24.0 Å². The Balaban J connectivity index is 2.13. The SMILES string of the molecule is CN(OC(=O)c1ccccc1)C(=O)c1cc(Cl)ccc1Cl. The normalized spacial score (nSPS) is 10.0. The zero-order valence-electron chi connectivity index (χ0n) is 11.0. The third kappa shape index (κ3) is 3.74. The molecule has 0 radical (unpaired) electrons. The van der Waals surface area contributed by atoms with Gasteiger partial charge in [-0.05, 0) is 30.3 Å². The minimum absolute atomic E-state index is 0.160. The summed E-state index contributed by atoms with van der Waals surface area (Å²) in [4.78, 5) is 29.0. The molecule has 0 heterocycles. The summed E-state index contributed by atoms with van der Waals surface area (Å²) in [5.74, 6) is -1.20. The minimum Gasteiger partial charge on any atom is -0.333 e. The first kappa shape index (κ1) is 15.4. The van der Waals surface area contributed by atoms with Crippen LogP contribution in [0, 0.1) is 0 Å². The van der Waals surface area contributed by atoms with Gasteiger partial charge in [0.1, 0.15) is 0 Å². The van der Waals surface area contributed by atoms with Crippen molar-refractivity contribution in [3.63, 3.8) is 0 Å². The van der Waals surface area contributed by atoms with Gasteiger partial charge in [-0.1, -0.05) is 41.4 Å². The lowest BCUT2D eigenvalue weighted by atomic mass is 10.2. The lowest BCUT2D eigenvalue weighted by molar-refractivity contribution is -0.0658. The molecule has 0 aliphatic carbocycles. The van der Waals surface area contributed by atoms with Crippen LogP contribution in [0.2, 0.25) is 10.0 Å². The average Bonchev–Trinajstić information content (AvgIpc) is 2.49. The fraction of sp³-hybridized carbons (Fsp3) is 0.0667. The molecule has 2 aromatic carbocycles. The summed E-state index contributed by atoms with van der Waals surface area (Å²) in [7, 11) is 1.33. The number of hydroxylamine groups is 2. The fourth-order valence-electron chi connectivity index (χ4n) is 1.62. The molecule has 0 spiro atoms. The summed E-state index contributed by atoms with van der Waals surface area (Å²) in [5, 5.41) is 1.42. The lowest BCUT2D eigenvalue weighted by Gasteiger charge is -2.17. The van der Waals surface area contributed by atoms with Crippen LogP contribution in [0.25, 0.3) is 0 Å². The van der Waals surface area contributed by atoms with Gasteiger partial charge in [-0.15, -0.1) is 0 Å². The molecule has 108 valence electrons. The van der Waals surface area contributed by atoms with Gasteiger partial charge in [0.05, 0.1) is 16.1 Å². The smallest absolute Gasteiger partial charge is 0.333 e. The number of halogens is 2. The van der Waals surface area contributed by atoms with Crippen LogP contribution in [0.4, 0.5) is 0 Å². The summed E-state index contributed by atoms with van der Waals surface area (Å²) in [6.07, 6.45) is 0. The molecule has 0 unspecified atom stereocenters. The van der Waals surface area contributed by atoms with Gasteiger partial charge in [0.15, 0.2) is 0 Å². The molecule has 0 bridgehead atoms. The van der Waals surface area contributed by atoms with Gasteiger partial charge in [-0.2, -0.15) is 5.06 Å². The molecule has 2 rings (SSSR count). The van der Waals surface area contributed by atoms with Crippen molar-refractivity contribution in [1.29, 1.82) is 0 Å². The molecule has 21 heavy (non-hydrogen) atoms. The second kappa shape index (κ2) is 6.61. The predicted octanol–water partition coefficient (Wildman–Crippen LogP) is 3.84. The number of rotatable bonds is 2. The predicted molar refractivity (Wildman–Crippen MR) is 80.4 cm³/mol. The van der Waals surface area contributed by atoms with Gasteiger partial charge < -0.3 is 4.84 Å². The number of carbonyl (C=O) groups is 2. The van der Waals surface area contributed by atoms with Gasteiger partial charge in [0.2, 0.25) is 0 Å². The molecular formula is C15H11Cl2NO3. The molecular weight excluding hydrogens is 313 g/mol. The first-order valence-corrected chi connectivity index (χ1v) is 6.75. The summed E-state index contributed by atoms with van der Waals surface area (Å²) in [6.45, 7) is 0. The summed E-state index contributed by atoms with van der Waals surface area (Å²) in [5.41, 5.74) is 0.502. The maximum absolute atomic E-state index is 12.2. The maximum atomic E-state index is 12.2. The van der Waals surface area contributed by atoms with Gasteiger partial charge >= 0.3 is 5.97 Å². The highest BCUT2D eigenvalue weighted by Gasteiger charge is 2.20. The molecule has 0 aromatic heterocycles. The molecule has 0 N–H and O–H groups in total. The van der Waals surface area contributed by atoms with E-state index in [4.69, 9.17) is 28.0 Å². The largest absolute Gasteiger partial charge is 0.363 e. The quantitative estimate of drug-likeness (QED) is 0.789. The Morgan fingerprint density at radius 2 is 1.71 bits per heavy atom. The molecule has 0 saturated heterocycles. The first-order valence-electron chi connectivity index (χ1n) is 5.99. The van der Waals surface area contributed by atoms with E-state index in [1.165, 1.54) is 19.2 Å². The number of carbonyl (C=O) groups excluding carboxylic acids is 2. The van der Waals surface area contributed by atoms with Crippen molar-refractivity contribution >= 4 is 35.1 Å². The number of benzene rings is 2. The van der Waals surface area contributed by atoms with Crippen molar-refractivity contribution in [1.82, 2.24) is 5.06 Å². The van der Waals surface area contributed by atoms with Crippen molar-refractivity contribution in [2.75, 3.05) is 7.05 Å². The molecule has 2 aromatic rings. The molecule has 0 aliphatic heterocycles. The van der Waals surface area contributed by atoms with Gasteiger partial charge in [-0.25, -0.2) is 4.79 Å². The van der Waals surface area contributed by atoms with Crippen LogP contribution < -0.4 is 0 Å². The standard InChI is InChI=1S/C15H11Cl2NO3/c1-18(21-15(20)10-5-3-2-4-6-10)14(19)12-9-11(16)7-8-13(12)17/h2-9H,1H3. The van der Waals surface area contributed by atoms with Crippen LogP contribution in [0.15, 0.2) is 48.5 Å². The third-order valence-electron chi connectivity index (χ3n) is 2.67. The lowest BCUT2D eigenvalue weighted by Crippen LogP contribution is -2.30. The minimum atomic E-state index is -0.635. The van der Waals surface area contributed by atoms with Gasteiger partial charge in [0.25, 0.3) is 5.91 Å². The highest BCUT2D eigenvalue weighted by atomic mass is 35.5. The Kier molecular flexibility index (Phi) is 4.83. The maximum Gasteiger partial charge on any atom is 0.363 e. The van der Waals surface area contributed by atoms with E-state index in [9.17, 15) is 9.59 Å². The second-order valence-corrected chi connectivity index (χ2v) is 5.02. The fourth-order valence-corrected chi connectivity index (χ4v) is 1.99. The van der Waals surface area contributed by atoms with E-state index >= 15 is 0 Å². The van der Waals surface area contributed by atoms with E-state index in [1.807, 2.05) is 0 Å². The summed E-state index contributed by atoms with van der Waals surface area (Å²) in [6, 6.07) is 12.8. The van der Waals surface area contributed by atoms with Crippen molar-refractivity contribution in [2.45, 2.75) is 0 Å². The van der Waals surface area contributed by atoms with Crippen LogP contribution in [0.3, 0.4) is 0 Å². The zero-order chi connectivity index (χ0) is 15.4. The molecule has 0 aliphatic rings. The van der Waals surface area contributed by atoms with Crippen LogP contribution in [0.5, 0.6) is 0 Å². The zero-order valence-corrected chi connectivity index (χ0v) is 12.6. The number of hydrogen-bond acceptors (Lipinski definition) is 3. The number of nitrogens with zero attached hydrogens (tertiary/aromatic N) is 1. The molecule has 6 heteroatoms. The van der Waals surface area contributed by atoms with Crippen molar-refractivity contribution in [2.24, 2.45) is 0 Å². The Labute approximate surface area is 131 Å². The first-order chi connectivity index (χ1) is 9.99. The Morgan fingerprint density at radius 1 is 1.05 bits per heavy atom. The van der Waals surface area contributed by atoms with E-state index in [0.29, 0.717) is 10.6 Å². The molecule has 1 amide bonds. The summed E-state index contributed by atoms with van der Waals surface area (Å²) < 4.78 is 0. The average molecular weight is 324 g/mol. The van der Waals surface area contributed by atoms with Crippen LogP contribution >= 0.6 is 23.2 Å². The van der Waals surface area contributed by atoms with Crippen molar-refractivity contribution < 1.29 is 14.4 Å². The highest BCUT2D eigenvalue weighted by Crippen LogP contribution is 2.22. The van der Waals surface area contributed by atoms with E-state index < -0.39 is 11.9 Å². The third-order valence-corrected chi connectivity index (χ3v) is 3.24. The topological polar surface area (TPSA) is 46.6 Å². The molecule has 4 nitrogen and oxygen atoms in total. The van der Waals surface area contributed by atoms with Gasteiger partial charge in [-0.3, -0.25) is 4.79 Å². The van der Waals surface area contributed by atoms with E-state index in [1.54, 1.807) is 36.4 Å². The van der Waals surface area contributed by atoms with Gasteiger partial charge in [0, 0.05) is 12.1 Å². The Hall–Kier alpha value is -2.04. The number of hydrogen-bond donors (Lipinski definition) is 0. The van der Waals surface area contributed by atoms with Crippen LogP contribution in [0.1, 0.15) is 20.7 Å². The van der Waals surface area contributed by atoms with E-state index in [2.05, 4.69) is 0 Å². The monoisotopic (exact) mass is 323 g/mol. The number of amides is 1. The molecule has 0 atom stereocenters. The van der Waals surface area contributed by atoms with E-state index in [-0.39, 0.29) is 10.6 Å². The molecule has 0 fully saturated rings. The van der Waals surface area contributed by atoms with E-state index in [0.717, 1.165) is 5.06 Å². The van der Waals surface area contributed by atoms with Crippen molar-refractivity contribution in [3.8, 4) is 0 Å². The Bertz CT molecular complexity index is 674. The van der Waals surface area contributed by atoms with Crippen LogP contribution in [-0.2, 0) is 4.84 Å². The van der Waals surface area contributed by atoms with Crippen molar-refractivity contribution in [3.05, 3.63) is 69.7 Å². The second-order valence-electron chi connectivity index (χ2n) is 4.17.